The van der Waals surface area contributed by atoms with Crippen molar-refractivity contribution in [3.63, 3.8) is 0 Å². The van der Waals surface area contributed by atoms with Crippen LogP contribution < -0.4 is 10.2 Å². The van der Waals surface area contributed by atoms with Gasteiger partial charge in [0.2, 0.25) is 0 Å². The van der Waals surface area contributed by atoms with Crippen molar-refractivity contribution in [1.29, 1.82) is 5.26 Å². The first kappa shape index (κ1) is 16.6. The zero-order valence-electron chi connectivity index (χ0n) is 14.0. The Balaban J connectivity index is 1.84. The summed E-state index contributed by atoms with van der Waals surface area (Å²) in [4.78, 5) is 14.4. The Morgan fingerprint density at radius 1 is 1.32 bits per heavy atom. The minimum absolute atomic E-state index is 0.00308. The summed E-state index contributed by atoms with van der Waals surface area (Å²) < 4.78 is 0. The molecule has 1 amide bonds. The lowest BCUT2D eigenvalue weighted by atomic mass is 10.0. The zero-order chi connectivity index (χ0) is 17.8. The fraction of sp³-hybridized carbons (Fsp3) is 0.200. The number of phenols is 1. The van der Waals surface area contributed by atoms with Crippen molar-refractivity contribution in [3.05, 3.63) is 65.4 Å². The Bertz CT molecular complexity index is 881. The number of phenolic OH excluding ortho intramolecular Hbond substituents is 1. The van der Waals surface area contributed by atoms with Gasteiger partial charge in [0.25, 0.3) is 5.91 Å². The molecule has 5 heteroatoms. The van der Waals surface area contributed by atoms with Crippen LogP contribution in [0.15, 0.2) is 54.2 Å². The molecule has 0 spiro atoms. The van der Waals surface area contributed by atoms with E-state index in [2.05, 4.69) is 5.32 Å². The predicted molar refractivity (Wildman–Crippen MR) is 97.3 cm³/mol. The summed E-state index contributed by atoms with van der Waals surface area (Å²) in [5, 5.41) is 22.2. The van der Waals surface area contributed by atoms with Gasteiger partial charge in [-0.15, -0.1) is 0 Å². The quantitative estimate of drug-likeness (QED) is 0.512. The lowest BCUT2D eigenvalue weighted by Crippen LogP contribution is -2.36. The number of anilines is 2. The SMILES string of the molecule is Cc1ccc(N/C=C(/C#N)C(=O)N2CCCc3ccccc32)c(O)c1. The van der Waals surface area contributed by atoms with Crippen LogP contribution in [-0.2, 0) is 11.2 Å². The molecule has 3 rings (SSSR count). The van der Waals surface area contributed by atoms with Crippen molar-refractivity contribution in [2.24, 2.45) is 0 Å². The van der Waals surface area contributed by atoms with E-state index < -0.39 is 0 Å². The Kier molecular flexibility index (Phi) is 4.71. The number of rotatable bonds is 3. The van der Waals surface area contributed by atoms with E-state index in [0.717, 1.165) is 29.7 Å². The molecule has 0 saturated heterocycles. The largest absolute Gasteiger partial charge is 0.506 e. The normalized spacial score (nSPS) is 13.8. The zero-order valence-corrected chi connectivity index (χ0v) is 14.0. The van der Waals surface area contributed by atoms with Gasteiger partial charge in [0, 0.05) is 18.4 Å². The second kappa shape index (κ2) is 7.10. The number of carbonyl (C=O) groups is 1. The molecule has 5 nitrogen and oxygen atoms in total. The predicted octanol–water partition coefficient (Wildman–Crippen LogP) is 3.50. The topological polar surface area (TPSA) is 76.4 Å². The van der Waals surface area contributed by atoms with Crippen molar-refractivity contribution in [2.75, 3.05) is 16.8 Å². The van der Waals surface area contributed by atoms with Crippen molar-refractivity contribution in [3.8, 4) is 11.8 Å². The second-order valence-electron chi connectivity index (χ2n) is 6.02. The highest BCUT2D eigenvalue weighted by Gasteiger charge is 2.24. The molecule has 2 aromatic carbocycles. The summed E-state index contributed by atoms with van der Waals surface area (Å²) in [6.07, 6.45) is 3.15. The number of carbonyl (C=O) groups excluding carboxylic acids is 1. The molecule has 1 aliphatic heterocycles. The molecule has 0 atom stereocenters. The van der Waals surface area contributed by atoms with Crippen molar-refractivity contribution in [1.82, 2.24) is 0 Å². The van der Waals surface area contributed by atoms with Crippen LogP contribution in [-0.4, -0.2) is 17.6 Å². The van der Waals surface area contributed by atoms with Crippen LogP contribution in [0.25, 0.3) is 0 Å². The molecular formula is C20H19N3O2. The van der Waals surface area contributed by atoms with E-state index in [1.54, 1.807) is 17.0 Å². The first-order valence-corrected chi connectivity index (χ1v) is 8.16. The molecule has 0 unspecified atom stereocenters. The average Bonchev–Trinajstić information content (AvgIpc) is 2.63. The number of nitrogens with one attached hydrogen (secondary N) is 1. The van der Waals surface area contributed by atoms with Crippen molar-refractivity contribution in [2.45, 2.75) is 19.8 Å². The molecule has 2 aromatic rings. The van der Waals surface area contributed by atoms with Gasteiger partial charge in [0.15, 0.2) is 0 Å². The van der Waals surface area contributed by atoms with E-state index in [1.807, 2.05) is 43.3 Å². The summed E-state index contributed by atoms with van der Waals surface area (Å²) in [6, 6.07) is 14.9. The minimum Gasteiger partial charge on any atom is -0.506 e. The van der Waals surface area contributed by atoms with Gasteiger partial charge in [-0.25, -0.2) is 0 Å². The number of hydrogen-bond donors (Lipinski definition) is 2. The number of benzene rings is 2. The molecule has 1 heterocycles. The van der Waals surface area contributed by atoms with Crippen LogP contribution in [0.4, 0.5) is 11.4 Å². The first-order chi connectivity index (χ1) is 12.1. The monoisotopic (exact) mass is 333 g/mol. The second-order valence-corrected chi connectivity index (χ2v) is 6.02. The lowest BCUT2D eigenvalue weighted by Gasteiger charge is -2.29. The number of aryl methyl sites for hydroxylation is 2. The van der Waals surface area contributed by atoms with E-state index in [-0.39, 0.29) is 17.2 Å². The molecule has 0 bridgehead atoms. The molecule has 0 aliphatic carbocycles. The van der Waals surface area contributed by atoms with Crippen LogP contribution in [0.2, 0.25) is 0 Å². The number of nitriles is 1. The van der Waals surface area contributed by atoms with Gasteiger partial charge >= 0.3 is 0 Å². The molecule has 0 fully saturated rings. The van der Waals surface area contributed by atoms with Gasteiger partial charge in [-0.3, -0.25) is 4.79 Å². The van der Waals surface area contributed by atoms with Crippen LogP contribution >= 0.6 is 0 Å². The fourth-order valence-corrected chi connectivity index (χ4v) is 2.95. The molecule has 126 valence electrons. The highest BCUT2D eigenvalue weighted by molar-refractivity contribution is 6.09. The Labute approximate surface area is 146 Å². The standard InChI is InChI=1S/C20H19N3O2/c1-14-8-9-17(19(24)11-14)22-13-16(12-21)20(25)23-10-4-6-15-5-2-3-7-18(15)23/h2-3,5,7-9,11,13,22,24H,4,6,10H2,1H3/b16-13-. The van der Waals surface area contributed by atoms with E-state index in [9.17, 15) is 15.2 Å². The van der Waals surface area contributed by atoms with Crippen LogP contribution in [0, 0.1) is 18.3 Å². The van der Waals surface area contributed by atoms with Crippen LogP contribution in [0.3, 0.4) is 0 Å². The van der Waals surface area contributed by atoms with E-state index >= 15 is 0 Å². The fourth-order valence-electron chi connectivity index (χ4n) is 2.95. The number of nitrogens with zero attached hydrogens (tertiary/aromatic N) is 2. The van der Waals surface area contributed by atoms with Gasteiger partial charge in [0.05, 0.1) is 5.69 Å². The van der Waals surface area contributed by atoms with Gasteiger partial charge in [0.1, 0.15) is 17.4 Å². The summed E-state index contributed by atoms with van der Waals surface area (Å²) >= 11 is 0. The number of para-hydroxylation sites is 1. The summed E-state index contributed by atoms with van der Waals surface area (Å²) in [7, 11) is 0. The lowest BCUT2D eigenvalue weighted by molar-refractivity contribution is -0.114. The van der Waals surface area contributed by atoms with Gasteiger partial charge in [-0.1, -0.05) is 24.3 Å². The van der Waals surface area contributed by atoms with Gasteiger partial charge in [-0.05, 0) is 49.1 Å². The maximum absolute atomic E-state index is 12.8. The third-order valence-electron chi connectivity index (χ3n) is 4.23. The third-order valence-corrected chi connectivity index (χ3v) is 4.23. The average molecular weight is 333 g/mol. The third kappa shape index (κ3) is 3.48. The number of aromatic hydroxyl groups is 1. The molecule has 2 N–H and O–H groups in total. The summed E-state index contributed by atoms with van der Waals surface area (Å²) in [6.45, 7) is 2.46. The molecule has 0 aromatic heterocycles. The van der Waals surface area contributed by atoms with Gasteiger partial charge in [-0.2, -0.15) is 5.26 Å². The molecule has 25 heavy (non-hydrogen) atoms. The smallest absolute Gasteiger partial charge is 0.270 e. The highest BCUT2D eigenvalue weighted by Crippen LogP contribution is 2.28. The van der Waals surface area contributed by atoms with Crippen LogP contribution in [0.1, 0.15) is 17.5 Å². The van der Waals surface area contributed by atoms with E-state index in [4.69, 9.17) is 0 Å². The van der Waals surface area contributed by atoms with E-state index in [1.165, 1.54) is 6.20 Å². The summed E-state index contributed by atoms with van der Waals surface area (Å²) in [5.41, 5.74) is 3.34. The Morgan fingerprint density at radius 2 is 2.12 bits per heavy atom. The van der Waals surface area contributed by atoms with Gasteiger partial charge < -0.3 is 15.3 Å². The van der Waals surface area contributed by atoms with Crippen LogP contribution in [0.5, 0.6) is 5.75 Å². The van der Waals surface area contributed by atoms with Crippen molar-refractivity contribution < 1.29 is 9.90 Å². The number of hydrogen-bond acceptors (Lipinski definition) is 4. The number of amides is 1. The molecule has 1 aliphatic rings. The minimum atomic E-state index is -0.339. The molecule has 0 radical (unpaired) electrons. The molecular weight excluding hydrogens is 314 g/mol. The maximum Gasteiger partial charge on any atom is 0.270 e. The van der Waals surface area contributed by atoms with Crippen molar-refractivity contribution >= 4 is 17.3 Å². The summed E-state index contributed by atoms with van der Waals surface area (Å²) in [5.74, 6) is -0.266. The first-order valence-electron chi connectivity index (χ1n) is 8.16. The Morgan fingerprint density at radius 3 is 2.88 bits per heavy atom. The molecule has 0 saturated carbocycles. The Hall–Kier alpha value is -3.26. The number of fused-ring (bicyclic) bond motifs is 1. The maximum atomic E-state index is 12.8. The van der Waals surface area contributed by atoms with E-state index in [0.29, 0.717) is 12.2 Å². The highest BCUT2D eigenvalue weighted by atomic mass is 16.3.